The molecule has 0 N–H and O–H groups in total. The molecule has 6 heteroatoms. The average Bonchev–Trinajstić information content (AvgIpc) is 2.81. The number of hydrogen-bond acceptors (Lipinski definition) is 5. The van der Waals surface area contributed by atoms with Crippen molar-refractivity contribution in [1.29, 1.82) is 0 Å². The van der Waals surface area contributed by atoms with Crippen LogP contribution >= 0.6 is 0 Å². The van der Waals surface area contributed by atoms with E-state index in [4.69, 9.17) is 4.74 Å². The second-order valence-electron chi connectivity index (χ2n) is 7.56. The van der Waals surface area contributed by atoms with Gasteiger partial charge in [0.2, 0.25) is 9.84 Å². The summed E-state index contributed by atoms with van der Waals surface area (Å²) >= 11 is 0. The Bertz CT molecular complexity index is 940. The van der Waals surface area contributed by atoms with Gasteiger partial charge in [-0.1, -0.05) is 0 Å². The van der Waals surface area contributed by atoms with Gasteiger partial charge in [0.1, 0.15) is 5.75 Å². The fourth-order valence-corrected chi connectivity index (χ4v) is 5.73. The highest BCUT2D eigenvalue weighted by Gasteiger charge is 2.38. The molecule has 4 rings (SSSR count). The number of anilines is 1. The van der Waals surface area contributed by atoms with Gasteiger partial charge in [-0.25, -0.2) is 8.42 Å². The van der Waals surface area contributed by atoms with E-state index >= 15 is 0 Å². The largest absolute Gasteiger partial charge is 0.497 e. The normalized spacial score (nSPS) is 22.9. The number of methoxy groups -OCH3 is 1. The summed E-state index contributed by atoms with van der Waals surface area (Å²) in [6, 6.07) is 12.7. The number of sulfone groups is 1. The Labute approximate surface area is 161 Å². The Morgan fingerprint density at radius 1 is 0.963 bits per heavy atom. The molecule has 0 spiro atoms. The van der Waals surface area contributed by atoms with Crippen LogP contribution in [-0.2, 0) is 9.84 Å². The smallest absolute Gasteiger partial charge is 0.206 e. The van der Waals surface area contributed by atoms with Crippen molar-refractivity contribution in [2.75, 3.05) is 39.2 Å². The topological polar surface area (TPSA) is 49.9 Å². The van der Waals surface area contributed by atoms with Crippen LogP contribution in [0.3, 0.4) is 0 Å². The third-order valence-corrected chi connectivity index (χ3v) is 7.82. The Morgan fingerprint density at radius 2 is 1.63 bits per heavy atom. The zero-order valence-electron chi connectivity index (χ0n) is 16.1. The summed E-state index contributed by atoms with van der Waals surface area (Å²) in [5.41, 5.74) is 2.34. The maximum Gasteiger partial charge on any atom is 0.206 e. The molecule has 2 heterocycles. The van der Waals surface area contributed by atoms with Gasteiger partial charge in [-0.2, -0.15) is 0 Å². The molecule has 0 radical (unpaired) electrons. The number of benzene rings is 2. The number of likely N-dealkylation sites (N-methyl/N-ethyl adjacent to an activating group) is 1. The molecule has 0 aliphatic carbocycles. The highest BCUT2D eigenvalue weighted by molar-refractivity contribution is 7.91. The third kappa shape index (κ3) is 3.11. The van der Waals surface area contributed by atoms with Crippen LogP contribution in [0.25, 0.3) is 0 Å². The fourth-order valence-electron chi connectivity index (χ4n) is 4.43. The zero-order chi connectivity index (χ0) is 19.2. The SMILES string of the molecule is COc1ccc(S(=O)(=O)c2ccc3c(c2)[C@@H]2CCN(C)CCC2N3C)cc1. The van der Waals surface area contributed by atoms with Crippen molar-refractivity contribution in [3.63, 3.8) is 0 Å². The average molecular weight is 387 g/mol. The molecule has 0 aromatic heterocycles. The minimum absolute atomic E-state index is 0.298. The van der Waals surface area contributed by atoms with Crippen LogP contribution in [0.4, 0.5) is 5.69 Å². The molecule has 0 bridgehead atoms. The van der Waals surface area contributed by atoms with Crippen molar-refractivity contribution < 1.29 is 13.2 Å². The van der Waals surface area contributed by atoms with Crippen LogP contribution in [0.15, 0.2) is 52.3 Å². The lowest BCUT2D eigenvalue weighted by Crippen LogP contribution is -2.31. The predicted molar refractivity (Wildman–Crippen MR) is 107 cm³/mol. The van der Waals surface area contributed by atoms with Gasteiger partial charge >= 0.3 is 0 Å². The summed E-state index contributed by atoms with van der Waals surface area (Å²) in [5.74, 6) is 1.04. The Kier molecular flexibility index (Phi) is 4.64. The quantitative estimate of drug-likeness (QED) is 0.811. The molecule has 1 unspecified atom stereocenters. The van der Waals surface area contributed by atoms with E-state index in [9.17, 15) is 8.42 Å². The second-order valence-corrected chi connectivity index (χ2v) is 9.51. The van der Waals surface area contributed by atoms with Gasteiger partial charge in [-0.05, 0) is 81.0 Å². The second kappa shape index (κ2) is 6.84. The van der Waals surface area contributed by atoms with Crippen molar-refractivity contribution in [3.8, 4) is 5.75 Å². The Morgan fingerprint density at radius 3 is 2.33 bits per heavy atom. The van der Waals surface area contributed by atoms with Crippen molar-refractivity contribution in [3.05, 3.63) is 48.0 Å². The molecule has 27 heavy (non-hydrogen) atoms. The van der Waals surface area contributed by atoms with Crippen LogP contribution in [0.1, 0.15) is 24.3 Å². The van der Waals surface area contributed by atoms with Gasteiger partial charge in [0, 0.05) is 24.7 Å². The van der Waals surface area contributed by atoms with E-state index in [1.54, 1.807) is 37.4 Å². The van der Waals surface area contributed by atoms with Crippen LogP contribution in [0, 0.1) is 0 Å². The highest BCUT2D eigenvalue weighted by Crippen LogP contribution is 2.45. The van der Waals surface area contributed by atoms with Crippen molar-refractivity contribution in [1.82, 2.24) is 4.90 Å². The Hall–Kier alpha value is -2.05. The summed E-state index contributed by atoms with van der Waals surface area (Å²) in [7, 11) is 2.32. The molecule has 0 saturated carbocycles. The molecule has 2 atom stereocenters. The molecular formula is C21H26N2O3S. The number of fused-ring (bicyclic) bond motifs is 3. The number of ether oxygens (including phenoxy) is 1. The standard InChI is InChI=1S/C21H26N2O3S/c1-22-12-10-18-19-14-17(8-9-20(19)23(2)21(18)11-13-22)27(24,25)16-6-4-15(26-3)5-7-16/h4-9,14,18,21H,10-13H2,1-3H3/t18-,21?/m0/s1. The van der Waals surface area contributed by atoms with Crippen molar-refractivity contribution in [2.24, 2.45) is 0 Å². The highest BCUT2D eigenvalue weighted by atomic mass is 32.2. The first-order chi connectivity index (χ1) is 12.9. The number of hydrogen-bond donors (Lipinski definition) is 0. The summed E-state index contributed by atoms with van der Waals surface area (Å²) in [4.78, 5) is 5.37. The van der Waals surface area contributed by atoms with E-state index in [-0.39, 0.29) is 0 Å². The lowest BCUT2D eigenvalue weighted by molar-refractivity contribution is 0.345. The van der Waals surface area contributed by atoms with Gasteiger partial charge < -0.3 is 14.5 Å². The van der Waals surface area contributed by atoms with Crippen LogP contribution < -0.4 is 9.64 Å². The minimum Gasteiger partial charge on any atom is -0.497 e. The predicted octanol–water partition coefficient (Wildman–Crippen LogP) is 3.16. The molecule has 144 valence electrons. The van der Waals surface area contributed by atoms with E-state index in [1.807, 2.05) is 12.1 Å². The first kappa shape index (κ1) is 18.3. The Balaban J connectivity index is 1.72. The van der Waals surface area contributed by atoms with Gasteiger partial charge in [-0.3, -0.25) is 0 Å². The molecule has 1 fully saturated rings. The van der Waals surface area contributed by atoms with Crippen molar-refractivity contribution in [2.45, 2.75) is 34.6 Å². The monoisotopic (exact) mass is 386 g/mol. The molecular weight excluding hydrogens is 360 g/mol. The van der Waals surface area contributed by atoms with Crippen molar-refractivity contribution >= 4 is 15.5 Å². The molecule has 2 aromatic carbocycles. The summed E-state index contributed by atoms with van der Waals surface area (Å²) in [6.07, 6.45) is 2.16. The third-order valence-electron chi connectivity index (χ3n) is 6.05. The summed E-state index contributed by atoms with van der Waals surface area (Å²) < 4.78 is 31.4. The van der Waals surface area contributed by atoms with Crippen LogP contribution in [0.5, 0.6) is 5.75 Å². The van der Waals surface area contributed by atoms with E-state index in [1.165, 1.54) is 11.3 Å². The van der Waals surface area contributed by atoms with E-state index in [2.05, 4.69) is 23.9 Å². The van der Waals surface area contributed by atoms with E-state index in [0.717, 1.165) is 25.9 Å². The van der Waals surface area contributed by atoms with Gasteiger partial charge in [0.05, 0.1) is 16.9 Å². The molecule has 5 nitrogen and oxygen atoms in total. The number of rotatable bonds is 3. The first-order valence-corrected chi connectivity index (χ1v) is 10.8. The summed E-state index contributed by atoms with van der Waals surface area (Å²) in [6.45, 7) is 2.13. The van der Waals surface area contributed by atoms with Gasteiger partial charge in [0.25, 0.3) is 0 Å². The van der Waals surface area contributed by atoms with Gasteiger partial charge in [-0.15, -0.1) is 0 Å². The first-order valence-electron chi connectivity index (χ1n) is 9.36. The van der Waals surface area contributed by atoms with E-state index in [0.29, 0.717) is 27.5 Å². The van der Waals surface area contributed by atoms with Crippen LogP contribution in [-0.4, -0.2) is 53.7 Å². The molecule has 1 saturated heterocycles. The molecule has 0 amide bonds. The maximum absolute atomic E-state index is 13.1. The molecule has 2 aliphatic heterocycles. The zero-order valence-corrected chi connectivity index (χ0v) is 16.9. The van der Waals surface area contributed by atoms with Crippen LogP contribution in [0.2, 0.25) is 0 Å². The minimum atomic E-state index is -3.55. The molecule has 2 aliphatic rings. The van der Waals surface area contributed by atoms with Gasteiger partial charge in [0.15, 0.2) is 0 Å². The summed E-state index contributed by atoms with van der Waals surface area (Å²) in [5, 5.41) is 0. The number of nitrogens with zero attached hydrogens (tertiary/aromatic N) is 2. The van der Waals surface area contributed by atoms with E-state index < -0.39 is 9.84 Å². The molecule has 2 aromatic rings. The maximum atomic E-state index is 13.1. The fraction of sp³-hybridized carbons (Fsp3) is 0.429. The lowest BCUT2D eigenvalue weighted by atomic mass is 9.91. The number of likely N-dealkylation sites (tertiary alicyclic amines) is 1. The lowest BCUT2D eigenvalue weighted by Gasteiger charge is -2.25.